The smallest absolute Gasteiger partial charge is 0.122 e. The summed E-state index contributed by atoms with van der Waals surface area (Å²) < 4.78 is 3.01. The van der Waals surface area contributed by atoms with Gasteiger partial charge in [-0.2, -0.15) is 5.10 Å². The Morgan fingerprint density at radius 2 is 2.11 bits per heavy atom. The molecule has 1 atom stereocenters. The van der Waals surface area contributed by atoms with Crippen LogP contribution in [0.2, 0.25) is 0 Å². The third kappa shape index (κ3) is 2.05. The maximum atomic E-state index is 6.08. The molecule has 1 aromatic carbocycles. The molecule has 0 saturated heterocycles. The number of benzene rings is 1. The number of hydrogen-bond donors (Lipinski definition) is 1. The summed E-state index contributed by atoms with van der Waals surface area (Å²) in [7, 11) is 0. The van der Waals surface area contributed by atoms with Crippen molar-refractivity contribution in [2.45, 2.75) is 25.8 Å². The van der Waals surface area contributed by atoms with Gasteiger partial charge in [0.15, 0.2) is 0 Å². The maximum Gasteiger partial charge on any atom is 0.122 e. The minimum atomic E-state index is 0.404. The normalized spacial score (nSPS) is 16.8. The van der Waals surface area contributed by atoms with E-state index in [1.165, 1.54) is 12.8 Å². The van der Waals surface area contributed by atoms with Crippen molar-refractivity contribution >= 4 is 21.7 Å². The highest BCUT2D eigenvalue weighted by Gasteiger charge is 2.30. The SMILES string of the molecule is CC(C1CC1)n1nc(-c2ccccc2Br)cc1N. The number of nitrogen functional groups attached to an aromatic ring is 1. The second-order valence-corrected chi connectivity index (χ2v) is 5.81. The van der Waals surface area contributed by atoms with Gasteiger partial charge in [-0.3, -0.25) is 0 Å². The van der Waals surface area contributed by atoms with Gasteiger partial charge in [-0.15, -0.1) is 0 Å². The predicted octanol–water partition coefficient (Wildman–Crippen LogP) is 3.87. The number of nitrogens with two attached hydrogens (primary N) is 1. The highest BCUT2D eigenvalue weighted by Crippen LogP contribution is 2.40. The molecule has 94 valence electrons. The Balaban J connectivity index is 1.99. The average Bonchev–Trinajstić information content (AvgIpc) is 3.13. The molecule has 2 N–H and O–H groups in total. The largest absolute Gasteiger partial charge is 0.384 e. The molecule has 1 fully saturated rings. The lowest BCUT2D eigenvalue weighted by Gasteiger charge is -2.12. The molecule has 1 unspecified atom stereocenters. The summed E-state index contributed by atoms with van der Waals surface area (Å²) in [4.78, 5) is 0. The molecule has 0 amide bonds. The number of hydrogen-bond acceptors (Lipinski definition) is 2. The summed E-state index contributed by atoms with van der Waals surface area (Å²) in [6.45, 7) is 2.20. The van der Waals surface area contributed by atoms with Crippen molar-refractivity contribution in [1.29, 1.82) is 0 Å². The fourth-order valence-corrected chi connectivity index (χ4v) is 2.80. The Morgan fingerprint density at radius 3 is 2.78 bits per heavy atom. The molecule has 1 heterocycles. The van der Waals surface area contributed by atoms with Crippen LogP contribution in [0.25, 0.3) is 11.3 Å². The first-order chi connectivity index (χ1) is 8.66. The number of rotatable bonds is 3. The van der Waals surface area contributed by atoms with Crippen molar-refractivity contribution in [1.82, 2.24) is 9.78 Å². The number of nitrogens with zero attached hydrogens (tertiary/aromatic N) is 2. The van der Waals surface area contributed by atoms with Gasteiger partial charge in [0.05, 0.1) is 11.7 Å². The van der Waals surface area contributed by atoms with E-state index in [2.05, 4.69) is 34.0 Å². The van der Waals surface area contributed by atoms with Gasteiger partial charge in [0.25, 0.3) is 0 Å². The van der Waals surface area contributed by atoms with E-state index >= 15 is 0 Å². The Labute approximate surface area is 115 Å². The van der Waals surface area contributed by atoms with Gasteiger partial charge < -0.3 is 5.73 Å². The highest BCUT2D eigenvalue weighted by atomic mass is 79.9. The summed E-state index contributed by atoms with van der Waals surface area (Å²) >= 11 is 3.56. The van der Waals surface area contributed by atoms with Crippen LogP contribution >= 0.6 is 15.9 Å². The van der Waals surface area contributed by atoms with Crippen molar-refractivity contribution in [2.75, 3.05) is 5.73 Å². The van der Waals surface area contributed by atoms with Gasteiger partial charge in [0.2, 0.25) is 0 Å². The quantitative estimate of drug-likeness (QED) is 0.935. The van der Waals surface area contributed by atoms with E-state index in [1.54, 1.807) is 0 Å². The van der Waals surface area contributed by atoms with Crippen LogP contribution in [0, 0.1) is 5.92 Å². The summed E-state index contributed by atoms with van der Waals surface area (Å²) in [5.41, 5.74) is 8.11. The molecule has 4 heteroatoms. The van der Waals surface area contributed by atoms with Gasteiger partial charge in [-0.1, -0.05) is 34.1 Å². The Kier molecular flexibility index (Phi) is 2.90. The summed E-state index contributed by atoms with van der Waals surface area (Å²) in [6.07, 6.45) is 2.59. The maximum absolute atomic E-state index is 6.08. The molecule has 1 aliphatic carbocycles. The fourth-order valence-electron chi connectivity index (χ4n) is 2.31. The van der Waals surface area contributed by atoms with Crippen molar-refractivity contribution in [3.05, 3.63) is 34.8 Å². The summed E-state index contributed by atoms with van der Waals surface area (Å²) in [5, 5.41) is 4.66. The molecular weight excluding hydrogens is 290 g/mol. The van der Waals surface area contributed by atoms with E-state index in [4.69, 9.17) is 5.73 Å². The van der Waals surface area contributed by atoms with Crippen LogP contribution in [0.4, 0.5) is 5.82 Å². The lowest BCUT2D eigenvalue weighted by molar-refractivity contribution is 0.447. The summed E-state index contributed by atoms with van der Waals surface area (Å²) in [6, 6.07) is 10.5. The summed E-state index contributed by atoms with van der Waals surface area (Å²) in [5.74, 6) is 1.50. The van der Waals surface area contributed by atoms with Crippen LogP contribution in [0.1, 0.15) is 25.8 Å². The second-order valence-electron chi connectivity index (χ2n) is 4.96. The number of halogens is 1. The Hall–Kier alpha value is -1.29. The van der Waals surface area contributed by atoms with Crippen molar-refractivity contribution in [3.8, 4) is 11.3 Å². The highest BCUT2D eigenvalue weighted by molar-refractivity contribution is 9.10. The molecule has 0 bridgehead atoms. The van der Waals surface area contributed by atoms with E-state index < -0.39 is 0 Å². The molecule has 1 aliphatic rings. The second kappa shape index (κ2) is 4.43. The van der Waals surface area contributed by atoms with Crippen molar-refractivity contribution in [2.24, 2.45) is 5.92 Å². The fraction of sp³-hybridized carbons (Fsp3) is 0.357. The third-order valence-corrected chi connectivity index (χ3v) is 4.30. The Bertz CT molecular complexity index is 572. The van der Waals surface area contributed by atoms with Crippen molar-refractivity contribution in [3.63, 3.8) is 0 Å². The Morgan fingerprint density at radius 1 is 1.39 bits per heavy atom. The molecule has 3 nitrogen and oxygen atoms in total. The molecule has 1 saturated carbocycles. The lowest BCUT2D eigenvalue weighted by Crippen LogP contribution is -2.11. The van der Waals surface area contributed by atoms with Gasteiger partial charge in [-0.05, 0) is 31.7 Å². The molecule has 3 rings (SSSR count). The molecule has 0 aliphatic heterocycles. The van der Waals surface area contributed by atoms with Gasteiger partial charge in [0.1, 0.15) is 5.82 Å². The van der Waals surface area contributed by atoms with Crippen LogP contribution in [0.3, 0.4) is 0 Å². The number of aromatic nitrogens is 2. The molecule has 0 radical (unpaired) electrons. The molecule has 2 aromatic rings. The molecule has 18 heavy (non-hydrogen) atoms. The van der Waals surface area contributed by atoms with Crippen LogP contribution in [0.5, 0.6) is 0 Å². The standard InChI is InChI=1S/C14H16BrN3/c1-9(10-6-7-10)18-14(16)8-13(17-18)11-4-2-3-5-12(11)15/h2-5,8-10H,6-7,16H2,1H3. The van der Waals surface area contributed by atoms with Crippen LogP contribution in [-0.2, 0) is 0 Å². The minimum absolute atomic E-state index is 0.404. The molecule has 1 aromatic heterocycles. The first-order valence-corrected chi connectivity index (χ1v) is 7.06. The molecule has 0 spiro atoms. The van der Waals surface area contributed by atoms with Gasteiger partial charge in [-0.25, -0.2) is 4.68 Å². The van der Waals surface area contributed by atoms with Gasteiger partial charge in [0, 0.05) is 16.1 Å². The lowest BCUT2D eigenvalue weighted by atomic mass is 10.1. The zero-order valence-corrected chi connectivity index (χ0v) is 11.9. The van der Waals surface area contributed by atoms with Crippen LogP contribution in [0.15, 0.2) is 34.8 Å². The average molecular weight is 306 g/mol. The first kappa shape index (κ1) is 11.8. The zero-order chi connectivity index (χ0) is 12.7. The minimum Gasteiger partial charge on any atom is -0.384 e. The first-order valence-electron chi connectivity index (χ1n) is 6.26. The van der Waals surface area contributed by atoms with Crippen molar-refractivity contribution < 1.29 is 0 Å². The van der Waals surface area contributed by atoms with E-state index in [0.29, 0.717) is 6.04 Å². The van der Waals surface area contributed by atoms with E-state index in [-0.39, 0.29) is 0 Å². The van der Waals surface area contributed by atoms with E-state index in [1.807, 2.05) is 28.9 Å². The van der Waals surface area contributed by atoms with E-state index in [0.717, 1.165) is 27.5 Å². The number of anilines is 1. The topological polar surface area (TPSA) is 43.8 Å². The predicted molar refractivity (Wildman–Crippen MR) is 77.2 cm³/mol. The molecular formula is C14H16BrN3. The monoisotopic (exact) mass is 305 g/mol. The third-order valence-electron chi connectivity index (χ3n) is 3.60. The van der Waals surface area contributed by atoms with Crippen LogP contribution in [-0.4, -0.2) is 9.78 Å². The zero-order valence-electron chi connectivity index (χ0n) is 10.3. The van der Waals surface area contributed by atoms with Crippen LogP contribution < -0.4 is 5.73 Å². The van der Waals surface area contributed by atoms with E-state index in [9.17, 15) is 0 Å². The van der Waals surface area contributed by atoms with Gasteiger partial charge >= 0.3 is 0 Å².